The van der Waals surface area contributed by atoms with E-state index in [1.165, 1.54) is 4.90 Å². The molecule has 0 aliphatic heterocycles. The molecule has 0 aliphatic carbocycles. The van der Waals surface area contributed by atoms with Crippen molar-refractivity contribution in [3.8, 4) is 0 Å². The average molecular weight is 358 g/mol. The molecular weight excluding hydrogens is 344 g/mol. The lowest BCUT2D eigenvalue weighted by Gasteiger charge is -2.26. The number of rotatable bonds is 4. The number of hydrogen-bond donors (Lipinski definition) is 1. The second-order valence-electron chi connectivity index (χ2n) is 3.74. The predicted molar refractivity (Wildman–Crippen MR) is 72.1 cm³/mol. The molecule has 0 saturated carbocycles. The third-order valence-electron chi connectivity index (χ3n) is 2.19. The van der Waals surface area contributed by atoms with Crippen LogP contribution < -0.4 is 10.6 Å². The first-order valence-electron chi connectivity index (χ1n) is 5.20. The normalized spacial score (nSPS) is 11.6. The summed E-state index contributed by atoms with van der Waals surface area (Å²) in [6.45, 7) is 1.21. The molecule has 0 heterocycles. The number of anilines is 2. The highest BCUT2D eigenvalue weighted by atomic mass is 127. The molecule has 1 rings (SSSR count). The van der Waals surface area contributed by atoms with E-state index in [9.17, 15) is 13.2 Å². The van der Waals surface area contributed by atoms with E-state index in [0.717, 1.165) is 3.57 Å². The van der Waals surface area contributed by atoms with Gasteiger partial charge in [-0.15, -0.1) is 0 Å². The molecule has 0 unspecified atom stereocenters. The van der Waals surface area contributed by atoms with Crippen molar-refractivity contribution in [3.63, 3.8) is 0 Å². The Balaban J connectivity index is 2.97. The van der Waals surface area contributed by atoms with Crippen LogP contribution >= 0.6 is 22.6 Å². The fourth-order valence-corrected chi connectivity index (χ4v) is 2.10. The smallest absolute Gasteiger partial charge is 0.397 e. The van der Waals surface area contributed by atoms with E-state index >= 15 is 0 Å². The number of nitrogen functional groups attached to an aromatic ring is 1. The second-order valence-corrected chi connectivity index (χ2v) is 4.99. The lowest BCUT2D eigenvalue weighted by atomic mass is 10.2. The lowest BCUT2D eigenvalue weighted by molar-refractivity contribution is -0.119. The van der Waals surface area contributed by atoms with Gasteiger partial charge < -0.3 is 10.6 Å². The van der Waals surface area contributed by atoms with Gasteiger partial charge in [0.25, 0.3) is 0 Å². The summed E-state index contributed by atoms with van der Waals surface area (Å²) >= 11 is 2.07. The molecule has 0 spiro atoms. The van der Waals surface area contributed by atoms with Crippen molar-refractivity contribution in [1.82, 2.24) is 0 Å². The second kappa shape index (κ2) is 5.79. The van der Waals surface area contributed by atoms with E-state index < -0.39 is 12.7 Å². The minimum atomic E-state index is -4.22. The van der Waals surface area contributed by atoms with Crippen LogP contribution in [0.4, 0.5) is 24.5 Å². The van der Waals surface area contributed by atoms with Crippen LogP contribution in [-0.4, -0.2) is 19.3 Å². The quantitative estimate of drug-likeness (QED) is 0.658. The summed E-state index contributed by atoms with van der Waals surface area (Å²) in [6.07, 6.45) is -3.58. The van der Waals surface area contributed by atoms with Crippen LogP contribution in [0.25, 0.3) is 0 Å². The Morgan fingerprint density at radius 2 is 2.00 bits per heavy atom. The monoisotopic (exact) mass is 358 g/mol. The highest BCUT2D eigenvalue weighted by Gasteiger charge is 2.31. The Morgan fingerprint density at radius 1 is 1.35 bits per heavy atom. The van der Waals surface area contributed by atoms with E-state index in [1.54, 1.807) is 18.2 Å². The standard InChI is InChI=1S/C11H14F3IN2/c1-2-5-17(7-11(12,13)14)10-4-3-8(15)6-9(10)16/h3-4,6H,2,5,7,16H2,1H3. The molecule has 1 aromatic rings. The molecule has 0 amide bonds. The van der Waals surface area contributed by atoms with E-state index in [1.807, 2.05) is 6.92 Å². The number of alkyl halides is 3. The van der Waals surface area contributed by atoms with Crippen LogP contribution in [-0.2, 0) is 0 Å². The Hall–Kier alpha value is -0.660. The summed E-state index contributed by atoms with van der Waals surface area (Å²) < 4.78 is 38.2. The zero-order chi connectivity index (χ0) is 13.1. The molecule has 0 aliphatic rings. The molecule has 96 valence electrons. The molecule has 2 N–H and O–H groups in total. The third-order valence-corrected chi connectivity index (χ3v) is 2.86. The van der Waals surface area contributed by atoms with Gasteiger partial charge in [0.1, 0.15) is 6.54 Å². The van der Waals surface area contributed by atoms with Crippen molar-refractivity contribution >= 4 is 34.0 Å². The van der Waals surface area contributed by atoms with E-state index in [0.29, 0.717) is 24.3 Å². The molecule has 0 bridgehead atoms. The van der Waals surface area contributed by atoms with Crippen molar-refractivity contribution in [2.24, 2.45) is 0 Å². The molecule has 0 aromatic heterocycles. The van der Waals surface area contributed by atoms with Crippen molar-refractivity contribution in [2.75, 3.05) is 23.7 Å². The first kappa shape index (κ1) is 14.4. The maximum Gasteiger partial charge on any atom is 0.405 e. The van der Waals surface area contributed by atoms with E-state index in [4.69, 9.17) is 5.73 Å². The lowest BCUT2D eigenvalue weighted by Crippen LogP contribution is -2.35. The summed E-state index contributed by atoms with van der Waals surface area (Å²) in [4.78, 5) is 1.27. The average Bonchev–Trinajstić information content (AvgIpc) is 2.14. The summed E-state index contributed by atoms with van der Waals surface area (Å²) in [5.74, 6) is 0. The third kappa shape index (κ3) is 4.61. The van der Waals surface area contributed by atoms with Crippen LogP contribution in [0, 0.1) is 3.57 Å². The summed E-state index contributed by atoms with van der Waals surface area (Å²) in [6, 6.07) is 5.07. The minimum absolute atomic E-state index is 0.338. The van der Waals surface area contributed by atoms with Crippen LogP contribution in [0.3, 0.4) is 0 Å². The van der Waals surface area contributed by atoms with Crippen LogP contribution in [0.1, 0.15) is 13.3 Å². The highest BCUT2D eigenvalue weighted by Crippen LogP contribution is 2.28. The van der Waals surface area contributed by atoms with Crippen LogP contribution in [0.5, 0.6) is 0 Å². The van der Waals surface area contributed by atoms with Gasteiger partial charge in [0.2, 0.25) is 0 Å². The van der Waals surface area contributed by atoms with Crippen LogP contribution in [0.15, 0.2) is 18.2 Å². The van der Waals surface area contributed by atoms with Gasteiger partial charge in [0.05, 0.1) is 11.4 Å². The summed E-state index contributed by atoms with van der Waals surface area (Å²) in [7, 11) is 0. The van der Waals surface area contributed by atoms with E-state index in [2.05, 4.69) is 22.6 Å². The van der Waals surface area contributed by atoms with Gasteiger partial charge in [0, 0.05) is 10.1 Å². The van der Waals surface area contributed by atoms with Crippen molar-refractivity contribution < 1.29 is 13.2 Å². The van der Waals surface area contributed by atoms with Gasteiger partial charge in [-0.3, -0.25) is 0 Å². The number of nitrogens with zero attached hydrogens (tertiary/aromatic N) is 1. The van der Waals surface area contributed by atoms with Crippen molar-refractivity contribution in [3.05, 3.63) is 21.8 Å². The largest absolute Gasteiger partial charge is 0.405 e. The fourth-order valence-electron chi connectivity index (χ4n) is 1.58. The molecule has 0 atom stereocenters. The van der Waals surface area contributed by atoms with Crippen molar-refractivity contribution in [1.29, 1.82) is 0 Å². The molecule has 2 nitrogen and oxygen atoms in total. The molecule has 0 radical (unpaired) electrons. The Labute approximate surface area is 112 Å². The number of nitrogens with two attached hydrogens (primary N) is 1. The summed E-state index contributed by atoms with van der Waals surface area (Å²) in [5.41, 5.74) is 6.59. The molecule has 0 fully saturated rings. The molecule has 6 heteroatoms. The molecular formula is C11H14F3IN2. The molecule has 1 aromatic carbocycles. The minimum Gasteiger partial charge on any atom is -0.397 e. The van der Waals surface area contributed by atoms with Gasteiger partial charge in [-0.25, -0.2) is 0 Å². The van der Waals surface area contributed by atoms with Gasteiger partial charge in [-0.05, 0) is 47.2 Å². The zero-order valence-electron chi connectivity index (χ0n) is 9.39. The van der Waals surface area contributed by atoms with Crippen LogP contribution in [0.2, 0.25) is 0 Å². The SMILES string of the molecule is CCCN(CC(F)(F)F)c1ccc(I)cc1N. The van der Waals surface area contributed by atoms with Gasteiger partial charge >= 0.3 is 6.18 Å². The Morgan fingerprint density at radius 3 is 2.47 bits per heavy atom. The summed E-state index contributed by atoms with van der Waals surface area (Å²) in [5, 5.41) is 0. The first-order valence-corrected chi connectivity index (χ1v) is 6.28. The number of hydrogen-bond acceptors (Lipinski definition) is 2. The molecule has 0 saturated heterocycles. The van der Waals surface area contributed by atoms with Gasteiger partial charge in [0.15, 0.2) is 0 Å². The first-order chi connectivity index (χ1) is 7.83. The maximum absolute atomic E-state index is 12.4. The maximum atomic E-state index is 12.4. The van der Waals surface area contributed by atoms with E-state index in [-0.39, 0.29) is 0 Å². The zero-order valence-corrected chi connectivity index (χ0v) is 11.5. The highest BCUT2D eigenvalue weighted by molar-refractivity contribution is 14.1. The van der Waals surface area contributed by atoms with Gasteiger partial charge in [-0.2, -0.15) is 13.2 Å². The predicted octanol–water partition coefficient (Wildman–Crippen LogP) is 3.65. The Bertz CT molecular complexity index is 379. The van der Waals surface area contributed by atoms with Crippen molar-refractivity contribution in [2.45, 2.75) is 19.5 Å². The number of benzene rings is 1. The topological polar surface area (TPSA) is 29.3 Å². The fraction of sp³-hybridized carbons (Fsp3) is 0.455. The Kier molecular flexibility index (Phi) is 4.91. The molecule has 17 heavy (non-hydrogen) atoms. The van der Waals surface area contributed by atoms with Gasteiger partial charge in [-0.1, -0.05) is 6.92 Å². The number of halogens is 4.